The summed E-state index contributed by atoms with van der Waals surface area (Å²) >= 11 is 5.77. The van der Waals surface area contributed by atoms with Gasteiger partial charge in [-0.05, 0) is 24.3 Å². The monoisotopic (exact) mass is 327 g/mol. The summed E-state index contributed by atoms with van der Waals surface area (Å²) in [6, 6.07) is 10.7. The number of fused-ring (bicyclic) bond motifs is 3. The third-order valence-electron chi connectivity index (χ3n) is 3.48. The second-order valence-electron chi connectivity index (χ2n) is 4.94. The predicted molar refractivity (Wildman–Crippen MR) is 83.5 cm³/mol. The lowest BCUT2D eigenvalue weighted by atomic mass is 10.0. The average Bonchev–Trinajstić information content (AvgIpc) is 3.01. The van der Waals surface area contributed by atoms with Gasteiger partial charge in [-0.1, -0.05) is 28.9 Å². The third kappa shape index (κ3) is 2.43. The van der Waals surface area contributed by atoms with Gasteiger partial charge < -0.3 is 14.6 Å². The van der Waals surface area contributed by atoms with Crippen LogP contribution in [0.25, 0.3) is 11.3 Å². The van der Waals surface area contributed by atoms with E-state index in [4.69, 9.17) is 20.9 Å². The van der Waals surface area contributed by atoms with E-state index >= 15 is 0 Å². The van der Waals surface area contributed by atoms with Gasteiger partial charge in [-0.2, -0.15) is 0 Å². The zero-order valence-electron chi connectivity index (χ0n) is 11.7. The highest BCUT2D eigenvalue weighted by molar-refractivity contribution is 6.30. The van der Waals surface area contributed by atoms with Crippen molar-refractivity contribution in [3.8, 4) is 17.1 Å². The maximum atomic E-state index is 12.4. The Morgan fingerprint density at radius 2 is 2.09 bits per heavy atom. The molecule has 0 saturated heterocycles. The molecule has 0 spiro atoms. The SMILES string of the molecule is O=C(Nc1ccc(Cl)cn1)c1noc2c1COc1ccccc1-2. The van der Waals surface area contributed by atoms with Crippen molar-refractivity contribution in [2.24, 2.45) is 0 Å². The van der Waals surface area contributed by atoms with E-state index in [0.717, 1.165) is 5.56 Å². The lowest BCUT2D eigenvalue weighted by molar-refractivity contribution is 0.101. The van der Waals surface area contributed by atoms with Gasteiger partial charge in [-0.15, -0.1) is 0 Å². The number of ether oxygens (including phenoxy) is 1. The second kappa shape index (κ2) is 5.40. The first kappa shape index (κ1) is 13.8. The molecule has 4 rings (SSSR count). The Balaban J connectivity index is 1.65. The zero-order valence-corrected chi connectivity index (χ0v) is 12.5. The Bertz CT molecular complexity index is 890. The van der Waals surface area contributed by atoms with Crippen LogP contribution in [0.3, 0.4) is 0 Å². The summed E-state index contributed by atoms with van der Waals surface area (Å²) in [5.74, 6) is 1.24. The lowest BCUT2D eigenvalue weighted by Crippen LogP contribution is -2.17. The molecular formula is C16H10ClN3O3. The van der Waals surface area contributed by atoms with E-state index in [1.807, 2.05) is 24.3 Å². The number of hydrogen-bond donors (Lipinski definition) is 1. The van der Waals surface area contributed by atoms with E-state index in [1.165, 1.54) is 6.20 Å². The van der Waals surface area contributed by atoms with E-state index in [2.05, 4.69) is 15.5 Å². The topological polar surface area (TPSA) is 77.3 Å². The molecule has 1 aliphatic rings. The van der Waals surface area contributed by atoms with Crippen LogP contribution in [0.1, 0.15) is 16.1 Å². The van der Waals surface area contributed by atoms with Crippen molar-refractivity contribution >= 4 is 23.3 Å². The molecule has 0 bridgehead atoms. The Morgan fingerprint density at radius 1 is 1.22 bits per heavy atom. The van der Waals surface area contributed by atoms with Crippen molar-refractivity contribution in [3.63, 3.8) is 0 Å². The van der Waals surface area contributed by atoms with Gasteiger partial charge >= 0.3 is 0 Å². The molecule has 1 amide bonds. The molecule has 1 N–H and O–H groups in total. The molecule has 0 fully saturated rings. The summed E-state index contributed by atoms with van der Waals surface area (Å²) < 4.78 is 11.0. The number of anilines is 1. The standard InChI is InChI=1S/C16H10ClN3O3/c17-9-5-6-13(18-7-9)19-16(21)14-11-8-22-12-4-2-1-3-10(12)15(11)23-20-14/h1-7H,8H2,(H,18,19,21). The molecule has 0 aliphatic carbocycles. The molecular weight excluding hydrogens is 318 g/mol. The molecule has 3 aromatic rings. The number of aromatic nitrogens is 2. The molecule has 3 heterocycles. The first-order valence-corrected chi connectivity index (χ1v) is 7.24. The van der Waals surface area contributed by atoms with Gasteiger partial charge in [0, 0.05) is 6.20 Å². The van der Waals surface area contributed by atoms with Gasteiger partial charge in [0.1, 0.15) is 18.2 Å². The predicted octanol–water partition coefficient (Wildman–Crippen LogP) is 3.53. The number of rotatable bonds is 2. The number of carbonyl (C=O) groups is 1. The van der Waals surface area contributed by atoms with Crippen LogP contribution >= 0.6 is 11.6 Å². The van der Waals surface area contributed by atoms with Gasteiger partial charge in [0.15, 0.2) is 11.5 Å². The van der Waals surface area contributed by atoms with Crippen molar-refractivity contribution in [2.45, 2.75) is 6.61 Å². The third-order valence-corrected chi connectivity index (χ3v) is 3.70. The summed E-state index contributed by atoms with van der Waals surface area (Å²) in [6.07, 6.45) is 1.45. The van der Waals surface area contributed by atoms with Crippen LogP contribution in [-0.2, 0) is 6.61 Å². The van der Waals surface area contributed by atoms with Gasteiger partial charge in [0.25, 0.3) is 5.91 Å². The number of para-hydroxylation sites is 1. The molecule has 1 aliphatic heterocycles. The number of benzene rings is 1. The van der Waals surface area contributed by atoms with Crippen LogP contribution in [0.2, 0.25) is 5.02 Å². The molecule has 114 valence electrons. The van der Waals surface area contributed by atoms with Crippen LogP contribution in [0.4, 0.5) is 5.82 Å². The van der Waals surface area contributed by atoms with Gasteiger partial charge in [-0.3, -0.25) is 4.79 Å². The second-order valence-corrected chi connectivity index (χ2v) is 5.38. The minimum atomic E-state index is -0.409. The fraction of sp³-hybridized carbons (Fsp3) is 0.0625. The maximum Gasteiger partial charge on any atom is 0.279 e. The molecule has 7 heteroatoms. The largest absolute Gasteiger partial charge is 0.488 e. The minimum absolute atomic E-state index is 0.186. The number of halogens is 1. The van der Waals surface area contributed by atoms with Gasteiger partial charge in [0.05, 0.1) is 16.1 Å². The number of nitrogens with one attached hydrogen (secondary N) is 1. The Morgan fingerprint density at radius 3 is 2.91 bits per heavy atom. The molecule has 6 nitrogen and oxygen atoms in total. The van der Waals surface area contributed by atoms with Crippen molar-refractivity contribution in [3.05, 3.63) is 58.9 Å². The number of hydrogen-bond acceptors (Lipinski definition) is 5. The average molecular weight is 328 g/mol. The quantitative estimate of drug-likeness (QED) is 0.779. The number of amides is 1. The van der Waals surface area contributed by atoms with Crippen LogP contribution in [-0.4, -0.2) is 16.0 Å². The normalized spacial score (nSPS) is 12.0. The van der Waals surface area contributed by atoms with Crippen molar-refractivity contribution < 1.29 is 14.1 Å². The van der Waals surface area contributed by atoms with E-state index in [0.29, 0.717) is 27.9 Å². The summed E-state index contributed by atoms with van der Waals surface area (Å²) in [7, 11) is 0. The maximum absolute atomic E-state index is 12.4. The lowest BCUT2D eigenvalue weighted by Gasteiger charge is -2.15. The van der Waals surface area contributed by atoms with Crippen LogP contribution in [0.5, 0.6) is 5.75 Å². The molecule has 2 aromatic heterocycles. The van der Waals surface area contributed by atoms with E-state index in [9.17, 15) is 4.79 Å². The molecule has 0 saturated carbocycles. The first-order valence-electron chi connectivity index (χ1n) is 6.86. The van der Waals surface area contributed by atoms with Gasteiger partial charge in [0.2, 0.25) is 0 Å². The van der Waals surface area contributed by atoms with Gasteiger partial charge in [-0.25, -0.2) is 4.98 Å². The Kier molecular flexibility index (Phi) is 3.24. The summed E-state index contributed by atoms with van der Waals surface area (Å²) in [4.78, 5) is 16.4. The zero-order chi connectivity index (χ0) is 15.8. The highest BCUT2D eigenvalue weighted by Gasteiger charge is 2.28. The fourth-order valence-corrected chi connectivity index (χ4v) is 2.50. The van der Waals surface area contributed by atoms with Crippen LogP contribution in [0.15, 0.2) is 47.1 Å². The molecule has 1 aromatic carbocycles. The number of pyridine rings is 1. The summed E-state index contributed by atoms with van der Waals surface area (Å²) in [6.45, 7) is 0.229. The summed E-state index contributed by atoms with van der Waals surface area (Å²) in [5, 5.41) is 7.04. The summed E-state index contributed by atoms with van der Waals surface area (Å²) in [5.41, 5.74) is 1.59. The smallest absolute Gasteiger partial charge is 0.279 e. The van der Waals surface area contributed by atoms with Crippen molar-refractivity contribution in [1.29, 1.82) is 0 Å². The number of carbonyl (C=O) groups excluding carboxylic acids is 1. The van der Waals surface area contributed by atoms with Crippen molar-refractivity contribution in [1.82, 2.24) is 10.1 Å². The van der Waals surface area contributed by atoms with Crippen LogP contribution in [0, 0.1) is 0 Å². The van der Waals surface area contributed by atoms with E-state index in [1.54, 1.807) is 12.1 Å². The highest BCUT2D eigenvalue weighted by atomic mass is 35.5. The molecule has 23 heavy (non-hydrogen) atoms. The van der Waals surface area contributed by atoms with E-state index in [-0.39, 0.29) is 12.3 Å². The van der Waals surface area contributed by atoms with Crippen LogP contribution < -0.4 is 10.1 Å². The van der Waals surface area contributed by atoms with E-state index < -0.39 is 5.91 Å². The first-order chi connectivity index (χ1) is 11.2. The Labute approximate surface area is 136 Å². The molecule has 0 atom stereocenters. The fourth-order valence-electron chi connectivity index (χ4n) is 2.39. The highest BCUT2D eigenvalue weighted by Crippen LogP contribution is 2.38. The van der Waals surface area contributed by atoms with Crippen molar-refractivity contribution in [2.75, 3.05) is 5.32 Å². The minimum Gasteiger partial charge on any atom is -0.488 e. The molecule has 0 radical (unpaired) electrons. The Hall–Kier alpha value is -2.86. The number of nitrogens with zero attached hydrogens (tertiary/aromatic N) is 2. The molecule has 0 unspecified atom stereocenters.